The highest BCUT2D eigenvalue weighted by atomic mass is 16.1. The van der Waals surface area contributed by atoms with E-state index in [0.717, 1.165) is 5.69 Å². The first kappa shape index (κ1) is 15.0. The Labute approximate surface area is 125 Å². The van der Waals surface area contributed by atoms with Crippen LogP contribution in [-0.2, 0) is 5.41 Å². The average Bonchev–Trinajstić information content (AvgIpc) is 2.47. The largest absolute Gasteiger partial charge is 0.373 e. The lowest BCUT2D eigenvalue weighted by Gasteiger charge is -2.19. The van der Waals surface area contributed by atoms with Crippen LogP contribution in [0.25, 0.3) is 0 Å². The van der Waals surface area contributed by atoms with Gasteiger partial charge in [0.25, 0.3) is 5.91 Å². The van der Waals surface area contributed by atoms with Gasteiger partial charge in [-0.05, 0) is 35.2 Å². The molecule has 0 atom stereocenters. The van der Waals surface area contributed by atoms with Gasteiger partial charge < -0.3 is 10.6 Å². The number of nitrogens with zero attached hydrogens (tertiary/aromatic N) is 1. The summed E-state index contributed by atoms with van der Waals surface area (Å²) in [6.07, 6.45) is 0. The van der Waals surface area contributed by atoms with Gasteiger partial charge in [0.2, 0.25) is 0 Å². The zero-order valence-corrected chi connectivity index (χ0v) is 12.9. The van der Waals surface area contributed by atoms with Crippen LogP contribution in [0, 0.1) is 0 Å². The van der Waals surface area contributed by atoms with Crippen LogP contribution in [0.5, 0.6) is 0 Å². The summed E-state index contributed by atoms with van der Waals surface area (Å²) < 4.78 is 0. The predicted molar refractivity (Wildman–Crippen MR) is 86.9 cm³/mol. The topological polar surface area (TPSA) is 54.0 Å². The van der Waals surface area contributed by atoms with Crippen molar-refractivity contribution in [3.8, 4) is 0 Å². The number of benzene rings is 1. The molecule has 0 unspecified atom stereocenters. The zero-order valence-electron chi connectivity index (χ0n) is 12.9. The Hall–Kier alpha value is -2.36. The number of amides is 1. The van der Waals surface area contributed by atoms with Gasteiger partial charge in [-0.2, -0.15) is 0 Å². The van der Waals surface area contributed by atoms with Crippen molar-refractivity contribution in [3.63, 3.8) is 0 Å². The van der Waals surface area contributed by atoms with E-state index in [1.807, 2.05) is 30.3 Å². The molecule has 0 aliphatic carbocycles. The Morgan fingerprint density at radius 2 is 1.71 bits per heavy atom. The number of aromatic nitrogens is 1. The highest BCUT2D eigenvalue weighted by molar-refractivity contribution is 6.03. The van der Waals surface area contributed by atoms with E-state index in [1.165, 1.54) is 5.56 Å². The molecule has 2 aromatic rings. The first-order chi connectivity index (χ1) is 9.90. The van der Waals surface area contributed by atoms with Crippen LogP contribution < -0.4 is 10.6 Å². The van der Waals surface area contributed by atoms with E-state index >= 15 is 0 Å². The third-order valence-electron chi connectivity index (χ3n) is 3.25. The molecule has 4 heteroatoms. The van der Waals surface area contributed by atoms with Gasteiger partial charge in [-0.3, -0.25) is 4.79 Å². The van der Waals surface area contributed by atoms with Gasteiger partial charge in [-0.15, -0.1) is 0 Å². The Kier molecular flexibility index (Phi) is 4.26. The Bertz CT molecular complexity index is 627. The van der Waals surface area contributed by atoms with Crippen LogP contribution >= 0.6 is 0 Å². The normalized spacial score (nSPS) is 11.0. The van der Waals surface area contributed by atoms with Crippen molar-refractivity contribution < 1.29 is 4.79 Å². The number of nitrogens with one attached hydrogen (secondary N) is 2. The molecule has 0 fully saturated rings. The molecule has 0 aliphatic rings. The van der Waals surface area contributed by atoms with Crippen molar-refractivity contribution in [2.45, 2.75) is 26.2 Å². The van der Waals surface area contributed by atoms with E-state index in [9.17, 15) is 4.79 Å². The number of hydrogen-bond donors (Lipinski definition) is 2. The standard InChI is InChI=1S/C17H21N3O/c1-17(2,3)12-8-10-13(11-9-12)19-16(21)14-6-5-7-15(18-4)20-14/h5-11H,1-4H3,(H,18,20)(H,19,21). The van der Waals surface area contributed by atoms with Gasteiger partial charge >= 0.3 is 0 Å². The average molecular weight is 283 g/mol. The van der Waals surface area contributed by atoms with Crippen LogP contribution in [0.3, 0.4) is 0 Å². The number of pyridine rings is 1. The maximum absolute atomic E-state index is 12.2. The van der Waals surface area contributed by atoms with Crippen molar-refractivity contribution in [2.75, 3.05) is 17.7 Å². The molecule has 0 saturated heterocycles. The lowest BCUT2D eigenvalue weighted by molar-refractivity contribution is 0.102. The summed E-state index contributed by atoms with van der Waals surface area (Å²) in [5.74, 6) is 0.460. The van der Waals surface area contributed by atoms with Gasteiger partial charge in [0.05, 0.1) is 0 Å². The van der Waals surface area contributed by atoms with E-state index in [4.69, 9.17) is 0 Å². The van der Waals surface area contributed by atoms with E-state index in [1.54, 1.807) is 19.2 Å². The second kappa shape index (κ2) is 5.95. The van der Waals surface area contributed by atoms with Crippen LogP contribution in [0.15, 0.2) is 42.5 Å². The molecule has 1 aromatic heterocycles. The number of anilines is 2. The Balaban J connectivity index is 2.12. The first-order valence-corrected chi connectivity index (χ1v) is 6.97. The molecule has 21 heavy (non-hydrogen) atoms. The molecule has 4 nitrogen and oxygen atoms in total. The molecule has 0 spiro atoms. The van der Waals surface area contributed by atoms with Crippen molar-refractivity contribution >= 4 is 17.4 Å². The molecule has 1 heterocycles. The number of carbonyl (C=O) groups excluding carboxylic acids is 1. The Morgan fingerprint density at radius 1 is 1.05 bits per heavy atom. The molecule has 110 valence electrons. The predicted octanol–water partition coefficient (Wildman–Crippen LogP) is 3.67. The molecule has 0 saturated carbocycles. The van der Waals surface area contributed by atoms with E-state index in [2.05, 4.69) is 36.4 Å². The fraction of sp³-hybridized carbons (Fsp3) is 0.294. The van der Waals surface area contributed by atoms with E-state index < -0.39 is 0 Å². The maximum Gasteiger partial charge on any atom is 0.274 e. The fourth-order valence-corrected chi connectivity index (χ4v) is 1.95. The molecule has 1 aromatic carbocycles. The van der Waals surface area contributed by atoms with Crippen LogP contribution in [0.2, 0.25) is 0 Å². The fourth-order valence-electron chi connectivity index (χ4n) is 1.95. The summed E-state index contributed by atoms with van der Waals surface area (Å²) in [5, 5.41) is 5.78. The molecular weight excluding hydrogens is 262 g/mol. The summed E-state index contributed by atoms with van der Waals surface area (Å²) in [4.78, 5) is 16.4. The minimum Gasteiger partial charge on any atom is -0.373 e. The number of rotatable bonds is 3. The highest BCUT2D eigenvalue weighted by Gasteiger charge is 2.13. The molecule has 1 amide bonds. The monoisotopic (exact) mass is 283 g/mol. The zero-order chi connectivity index (χ0) is 15.5. The highest BCUT2D eigenvalue weighted by Crippen LogP contribution is 2.23. The minimum atomic E-state index is -0.212. The van der Waals surface area contributed by atoms with Gasteiger partial charge in [0.15, 0.2) is 0 Å². The summed E-state index contributed by atoms with van der Waals surface area (Å²) in [6.45, 7) is 6.48. The Morgan fingerprint density at radius 3 is 2.29 bits per heavy atom. The molecule has 0 aliphatic heterocycles. The molecular formula is C17H21N3O. The lowest BCUT2D eigenvalue weighted by Crippen LogP contribution is -2.15. The van der Waals surface area contributed by atoms with Gasteiger partial charge in [0.1, 0.15) is 11.5 Å². The molecule has 0 bridgehead atoms. The van der Waals surface area contributed by atoms with Crippen LogP contribution in [0.1, 0.15) is 36.8 Å². The van der Waals surface area contributed by atoms with Crippen molar-refractivity contribution in [1.82, 2.24) is 4.98 Å². The maximum atomic E-state index is 12.2. The molecule has 2 N–H and O–H groups in total. The van der Waals surface area contributed by atoms with E-state index in [-0.39, 0.29) is 11.3 Å². The first-order valence-electron chi connectivity index (χ1n) is 6.97. The smallest absolute Gasteiger partial charge is 0.274 e. The summed E-state index contributed by atoms with van der Waals surface area (Å²) >= 11 is 0. The third-order valence-corrected chi connectivity index (χ3v) is 3.25. The van der Waals surface area contributed by atoms with E-state index in [0.29, 0.717) is 11.5 Å². The summed E-state index contributed by atoms with van der Waals surface area (Å²) in [7, 11) is 1.77. The summed E-state index contributed by atoms with van der Waals surface area (Å²) in [6, 6.07) is 13.2. The molecule has 0 radical (unpaired) electrons. The quantitative estimate of drug-likeness (QED) is 0.903. The second-order valence-corrected chi connectivity index (χ2v) is 5.94. The minimum absolute atomic E-state index is 0.102. The summed E-state index contributed by atoms with van der Waals surface area (Å²) in [5.41, 5.74) is 2.49. The SMILES string of the molecule is CNc1cccc(C(=O)Nc2ccc(C(C)(C)C)cc2)n1. The van der Waals surface area contributed by atoms with Gasteiger partial charge in [0, 0.05) is 12.7 Å². The number of carbonyl (C=O) groups is 1. The van der Waals surface area contributed by atoms with Crippen molar-refractivity contribution in [1.29, 1.82) is 0 Å². The molecule has 2 rings (SSSR count). The third kappa shape index (κ3) is 3.81. The van der Waals surface area contributed by atoms with Gasteiger partial charge in [-0.25, -0.2) is 4.98 Å². The van der Waals surface area contributed by atoms with Gasteiger partial charge in [-0.1, -0.05) is 39.0 Å². The van der Waals surface area contributed by atoms with Crippen LogP contribution in [0.4, 0.5) is 11.5 Å². The van der Waals surface area contributed by atoms with Crippen molar-refractivity contribution in [3.05, 3.63) is 53.7 Å². The number of hydrogen-bond acceptors (Lipinski definition) is 3. The van der Waals surface area contributed by atoms with Crippen LogP contribution in [-0.4, -0.2) is 17.9 Å². The van der Waals surface area contributed by atoms with Crippen molar-refractivity contribution in [2.24, 2.45) is 0 Å². The lowest BCUT2D eigenvalue weighted by atomic mass is 9.87. The second-order valence-electron chi connectivity index (χ2n) is 5.94.